The largest absolute Gasteiger partial charge is 0.441 e. The lowest BCUT2D eigenvalue weighted by Crippen LogP contribution is -2.37. The molecule has 0 spiro atoms. The quantitative estimate of drug-likeness (QED) is 0.755. The molecule has 3 aliphatic rings. The highest BCUT2D eigenvalue weighted by molar-refractivity contribution is 8.18. The molecule has 3 aliphatic heterocycles. The molecule has 1 amide bonds. The van der Waals surface area contributed by atoms with E-state index in [9.17, 15) is 4.79 Å². The molecule has 4 rings (SSSR count). The van der Waals surface area contributed by atoms with Crippen LogP contribution in [0.25, 0.3) is 6.08 Å². The topological polar surface area (TPSA) is 58.3 Å². The Kier molecular flexibility index (Phi) is 4.85. The average Bonchev–Trinajstić information content (AvgIpc) is 3.24. The van der Waals surface area contributed by atoms with Gasteiger partial charge in [0, 0.05) is 38.3 Å². The van der Waals surface area contributed by atoms with Crippen molar-refractivity contribution in [1.29, 1.82) is 0 Å². The van der Waals surface area contributed by atoms with Gasteiger partial charge in [-0.2, -0.15) is 4.99 Å². The van der Waals surface area contributed by atoms with Crippen LogP contribution < -0.4 is 4.90 Å². The van der Waals surface area contributed by atoms with Gasteiger partial charge in [-0.1, -0.05) is 6.92 Å². The van der Waals surface area contributed by atoms with E-state index >= 15 is 0 Å². The summed E-state index contributed by atoms with van der Waals surface area (Å²) in [7, 11) is 0. The number of carbonyl (C=O) groups excluding carboxylic acids is 1. The summed E-state index contributed by atoms with van der Waals surface area (Å²) in [5.74, 6) is 2.02. The van der Waals surface area contributed by atoms with Crippen molar-refractivity contribution >= 4 is 34.8 Å². The smallest absolute Gasteiger partial charge is 0.286 e. The first-order valence-electron chi connectivity index (χ1n) is 8.89. The van der Waals surface area contributed by atoms with Gasteiger partial charge in [0.25, 0.3) is 5.91 Å². The SMILES string of the molecule is CC1CCCN(C2=NC(=O)/C(=C/c3ccc(N4CCOCC4)o3)S2)C1. The summed E-state index contributed by atoms with van der Waals surface area (Å²) in [6.45, 7) is 7.32. The third-order valence-electron chi connectivity index (χ3n) is 4.75. The number of hydrogen-bond donors (Lipinski definition) is 0. The lowest BCUT2D eigenvalue weighted by atomic mass is 10.0. The fraction of sp³-hybridized carbons (Fsp3) is 0.556. The molecule has 7 heteroatoms. The lowest BCUT2D eigenvalue weighted by Gasteiger charge is -2.31. The highest BCUT2D eigenvalue weighted by Crippen LogP contribution is 2.33. The van der Waals surface area contributed by atoms with Gasteiger partial charge in [-0.15, -0.1) is 0 Å². The maximum absolute atomic E-state index is 12.2. The Hall–Kier alpha value is -1.73. The fourth-order valence-corrected chi connectivity index (χ4v) is 4.33. The van der Waals surface area contributed by atoms with Crippen LogP contribution in [0.4, 0.5) is 5.88 Å². The van der Waals surface area contributed by atoms with Gasteiger partial charge in [-0.05, 0) is 36.6 Å². The van der Waals surface area contributed by atoms with E-state index in [1.165, 1.54) is 18.2 Å². The van der Waals surface area contributed by atoms with Crippen molar-refractivity contribution in [3.63, 3.8) is 0 Å². The van der Waals surface area contributed by atoms with Crippen LogP contribution in [0.5, 0.6) is 0 Å². The van der Waals surface area contributed by atoms with Gasteiger partial charge in [0.2, 0.25) is 0 Å². The van der Waals surface area contributed by atoms with E-state index in [0.29, 0.717) is 16.6 Å². The highest BCUT2D eigenvalue weighted by Gasteiger charge is 2.28. The van der Waals surface area contributed by atoms with Crippen LogP contribution in [0.15, 0.2) is 26.4 Å². The fourth-order valence-electron chi connectivity index (χ4n) is 3.40. The lowest BCUT2D eigenvalue weighted by molar-refractivity contribution is -0.113. The van der Waals surface area contributed by atoms with Crippen molar-refractivity contribution in [1.82, 2.24) is 4.90 Å². The molecule has 0 saturated carbocycles. The second kappa shape index (κ2) is 7.25. The minimum atomic E-state index is -0.164. The van der Waals surface area contributed by atoms with Crippen LogP contribution >= 0.6 is 11.8 Å². The summed E-state index contributed by atoms with van der Waals surface area (Å²) >= 11 is 1.46. The number of piperidine rings is 1. The molecule has 6 nitrogen and oxygen atoms in total. The third-order valence-corrected chi connectivity index (χ3v) is 5.79. The summed E-state index contributed by atoms with van der Waals surface area (Å²) in [5, 5.41) is 0.836. The molecule has 134 valence electrons. The second-order valence-corrected chi connectivity index (χ2v) is 7.79. The third kappa shape index (κ3) is 3.77. The normalized spacial score (nSPS) is 26.4. The molecule has 1 unspecified atom stereocenters. The maximum atomic E-state index is 12.2. The van der Waals surface area contributed by atoms with Crippen molar-refractivity contribution in [2.24, 2.45) is 10.9 Å². The molecule has 0 aromatic carbocycles. The van der Waals surface area contributed by atoms with E-state index in [0.717, 1.165) is 56.9 Å². The number of aliphatic imine (C=N–C) groups is 1. The van der Waals surface area contributed by atoms with Crippen LogP contribution in [0.3, 0.4) is 0 Å². The van der Waals surface area contributed by atoms with Gasteiger partial charge in [0.15, 0.2) is 11.1 Å². The summed E-state index contributed by atoms with van der Waals surface area (Å²) in [6, 6.07) is 3.86. The molecular weight excluding hydrogens is 338 g/mol. The number of amides is 1. The Morgan fingerprint density at radius 1 is 1.24 bits per heavy atom. The van der Waals surface area contributed by atoms with Gasteiger partial charge in [-0.3, -0.25) is 4.79 Å². The number of likely N-dealkylation sites (tertiary alicyclic amines) is 1. The summed E-state index contributed by atoms with van der Waals surface area (Å²) in [6.07, 6.45) is 4.22. The van der Waals surface area contributed by atoms with E-state index < -0.39 is 0 Å². The van der Waals surface area contributed by atoms with Gasteiger partial charge >= 0.3 is 0 Å². The van der Waals surface area contributed by atoms with Crippen molar-refractivity contribution in [3.8, 4) is 0 Å². The standard InChI is InChI=1S/C18H23N3O3S/c1-13-3-2-6-21(12-13)18-19-17(22)15(25-18)11-14-4-5-16(24-14)20-7-9-23-10-8-20/h4-5,11,13H,2-3,6-10,12H2,1H3/b15-11-. The number of nitrogens with zero attached hydrogens (tertiary/aromatic N) is 3. The maximum Gasteiger partial charge on any atom is 0.286 e. The van der Waals surface area contributed by atoms with Crippen LogP contribution in [0.1, 0.15) is 25.5 Å². The summed E-state index contributed by atoms with van der Waals surface area (Å²) in [4.78, 5) is 21.5. The highest BCUT2D eigenvalue weighted by atomic mass is 32.2. The number of carbonyl (C=O) groups is 1. The minimum absolute atomic E-state index is 0.164. The average molecular weight is 361 g/mol. The zero-order chi connectivity index (χ0) is 17.2. The zero-order valence-electron chi connectivity index (χ0n) is 14.4. The first-order chi connectivity index (χ1) is 12.2. The number of anilines is 1. The first-order valence-corrected chi connectivity index (χ1v) is 9.71. The molecule has 2 saturated heterocycles. The predicted molar refractivity (Wildman–Crippen MR) is 99.7 cm³/mol. The van der Waals surface area contributed by atoms with E-state index in [-0.39, 0.29) is 5.91 Å². The number of amidine groups is 1. The number of hydrogen-bond acceptors (Lipinski definition) is 6. The van der Waals surface area contributed by atoms with Gasteiger partial charge in [0.05, 0.1) is 18.1 Å². The molecule has 4 heterocycles. The van der Waals surface area contributed by atoms with Crippen molar-refractivity contribution in [2.45, 2.75) is 19.8 Å². The number of furan rings is 1. The van der Waals surface area contributed by atoms with Crippen molar-refractivity contribution in [2.75, 3.05) is 44.3 Å². The monoisotopic (exact) mass is 361 g/mol. The van der Waals surface area contributed by atoms with E-state index in [2.05, 4.69) is 21.7 Å². The van der Waals surface area contributed by atoms with E-state index in [1.807, 2.05) is 12.1 Å². The minimum Gasteiger partial charge on any atom is -0.441 e. The molecule has 1 aromatic heterocycles. The van der Waals surface area contributed by atoms with Crippen LogP contribution in [-0.2, 0) is 9.53 Å². The van der Waals surface area contributed by atoms with Crippen LogP contribution in [-0.4, -0.2) is 55.4 Å². The predicted octanol–water partition coefficient (Wildman–Crippen LogP) is 2.82. The molecular formula is C18H23N3O3S. The molecule has 0 aliphatic carbocycles. The molecule has 0 N–H and O–H groups in total. The number of morpholine rings is 1. The molecule has 1 atom stereocenters. The Morgan fingerprint density at radius 3 is 2.88 bits per heavy atom. The summed E-state index contributed by atoms with van der Waals surface area (Å²) < 4.78 is 11.3. The van der Waals surface area contributed by atoms with Gasteiger partial charge in [0.1, 0.15) is 5.76 Å². The van der Waals surface area contributed by atoms with Gasteiger partial charge in [-0.25, -0.2) is 0 Å². The van der Waals surface area contributed by atoms with E-state index in [1.54, 1.807) is 6.08 Å². The Balaban J connectivity index is 1.44. The molecule has 2 fully saturated rings. The molecule has 0 bridgehead atoms. The van der Waals surface area contributed by atoms with Gasteiger partial charge < -0.3 is 19.0 Å². The van der Waals surface area contributed by atoms with Crippen LogP contribution in [0.2, 0.25) is 0 Å². The zero-order valence-corrected chi connectivity index (χ0v) is 15.3. The Bertz CT molecular complexity index is 706. The Morgan fingerprint density at radius 2 is 2.08 bits per heavy atom. The van der Waals surface area contributed by atoms with E-state index in [4.69, 9.17) is 9.15 Å². The molecule has 1 aromatic rings. The number of rotatable bonds is 2. The Labute approximate surface area is 151 Å². The molecule has 25 heavy (non-hydrogen) atoms. The second-order valence-electron chi connectivity index (χ2n) is 6.78. The molecule has 0 radical (unpaired) electrons. The first kappa shape index (κ1) is 16.7. The number of thioether (sulfide) groups is 1. The number of ether oxygens (including phenoxy) is 1. The summed E-state index contributed by atoms with van der Waals surface area (Å²) in [5.41, 5.74) is 0. The van der Waals surface area contributed by atoms with Crippen molar-refractivity contribution < 1.29 is 13.9 Å². The van der Waals surface area contributed by atoms with Crippen molar-refractivity contribution in [3.05, 3.63) is 22.8 Å². The van der Waals surface area contributed by atoms with Crippen LogP contribution in [0, 0.1) is 5.92 Å².